The Morgan fingerprint density at radius 1 is 1.29 bits per heavy atom. The number of ether oxygens (including phenoxy) is 1. The number of halogens is 1. The van der Waals surface area contributed by atoms with Crippen molar-refractivity contribution in [3.05, 3.63) is 57.6 Å². The number of anilines is 1. The van der Waals surface area contributed by atoms with Gasteiger partial charge in [-0.1, -0.05) is 46.7 Å². The van der Waals surface area contributed by atoms with Gasteiger partial charge in [0.1, 0.15) is 12.4 Å². The van der Waals surface area contributed by atoms with Crippen LogP contribution in [0, 0.1) is 6.92 Å². The molecule has 128 valence electrons. The number of aryl methyl sites for hydroxylation is 2. The van der Waals surface area contributed by atoms with Gasteiger partial charge in [0.15, 0.2) is 0 Å². The van der Waals surface area contributed by atoms with Crippen LogP contribution < -0.4 is 9.80 Å². The zero-order valence-corrected chi connectivity index (χ0v) is 16.3. The first-order valence-electron chi connectivity index (χ1n) is 7.54. The van der Waals surface area contributed by atoms with Crippen LogP contribution in [0.1, 0.15) is 23.6 Å². The lowest BCUT2D eigenvalue weighted by atomic mass is 10.1. The summed E-state index contributed by atoms with van der Waals surface area (Å²) in [5.74, 6) is 0.791. The molecule has 1 amide bonds. The van der Waals surface area contributed by atoms with E-state index >= 15 is 0 Å². The highest BCUT2D eigenvalue weighted by Gasteiger charge is 2.17. The summed E-state index contributed by atoms with van der Waals surface area (Å²) in [5.41, 5.74) is 3.45. The number of thioether (sulfide) groups is 1. The molecule has 0 radical (unpaired) electrons. The van der Waals surface area contributed by atoms with Gasteiger partial charge in [-0.2, -0.15) is 5.06 Å². The van der Waals surface area contributed by atoms with Crippen molar-refractivity contribution >= 4 is 38.6 Å². The molecule has 0 aliphatic heterocycles. The maximum absolute atomic E-state index is 11.7. The lowest BCUT2D eigenvalue weighted by Crippen LogP contribution is -2.24. The molecule has 0 aromatic heterocycles. The molecule has 2 aromatic carbocycles. The van der Waals surface area contributed by atoms with Crippen LogP contribution in [0.5, 0.6) is 5.75 Å². The maximum Gasteiger partial charge on any atom is 0.309 e. The fourth-order valence-electron chi connectivity index (χ4n) is 2.31. The van der Waals surface area contributed by atoms with Crippen molar-refractivity contribution in [1.29, 1.82) is 0 Å². The minimum absolute atomic E-state index is 0.250. The third-order valence-corrected chi connectivity index (χ3v) is 4.66. The highest BCUT2D eigenvalue weighted by atomic mass is 79.9. The summed E-state index contributed by atoms with van der Waals surface area (Å²) in [7, 11) is 0. The number of carbonyl (C=O) groups is 1. The second-order valence-corrected chi connectivity index (χ2v) is 6.97. The standard InChI is InChI=1S/C18H20BrNO3S/c1-4-13-5-8-17(12(2)9-13)23-11-14-10-15(19)6-7-16(14)20(22)18(21)24-3/h5-10,22H,4,11H2,1-3H3. The molecule has 0 heterocycles. The topological polar surface area (TPSA) is 49.8 Å². The lowest BCUT2D eigenvalue weighted by molar-refractivity contribution is 0.223. The zero-order valence-electron chi connectivity index (χ0n) is 13.9. The number of hydroxylamine groups is 1. The Labute approximate surface area is 154 Å². The summed E-state index contributed by atoms with van der Waals surface area (Å²) < 4.78 is 6.76. The van der Waals surface area contributed by atoms with Gasteiger partial charge < -0.3 is 4.74 Å². The summed E-state index contributed by atoms with van der Waals surface area (Å²) >= 11 is 4.36. The van der Waals surface area contributed by atoms with E-state index < -0.39 is 5.24 Å². The first-order valence-corrected chi connectivity index (χ1v) is 9.55. The van der Waals surface area contributed by atoms with Crippen molar-refractivity contribution in [2.45, 2.75) is 26.9 Å². The fourth-order valence-corrected chi connectivity index (χ4v) is 2.99. The molecule has 0 bridgehead atoms. The quantitative estimate of drug-likeness (QED) is 0.517. The van der Waals surface area contributed by atoms with Gasteiger partial charge in [0.05, 0.1) is 5.69 Å². The molecule has 0 atom stereocenters. The van der Waals surface area contributed by atoms with Crippen LogP contribution in [0.3, 0.4) is 0 Å². The first-order chi connectivity index (χ1) is 11.5. The van der Waals surface area contributed by atoms with Crippen molar-refractivity contribution in [2.24, 2.45) is 0 Å². The molecule has 2 aromatic rings. The molecule has 2 rings (SSSR count). The fraction of sp³-hybridized carbons (Fsp3) is 0.278. The minimum Gasteiger partial charge on any atom is -0.489 e. The van der Waals surface area contributed by atoms with Crippen LogP contribution in [0.2, 0.25) is 0 Å². The molecule has 1 N–H and O–H groups in total. The minimum atomic E-state index is -0.443. The van der Waals surface area contributed by atoms with E-state index in [1.807, 2.05) is 25.1 Å². The normalized spacial score (nSPS) is 10.5. The zero-order chi connectivity index (χ0) is 17.7. The Morgan fingerprint density at radius 2 is 2.04 bits per heavy atom. The van der Waals surface area contributed by atoms with E-state index in [4.69, 9.17) is 4.74 Å². The summed E-state index contributed by atoms with van der Waals surface area (Å²) in [5, 5.41) is 10.3. The number of hydrogen-bond acceptors (Lipinski definition) is 4. The van der Waals surface area contributed by atoms with Gasteiger partial charge >= 0.3 is 5.24 Å². The molecule has 0 saturated heterocycles. The van der Waals surface area contributed by atoms with Gasteiger partial charge in [-0.15, -0.1) is 0 Å². The Bertz CT molecular complexity index is 736. The Hall–Kier alpha value is -1.50. The SMILES string of the molecule is CCc1ccc(OCc2cc(Br)ccc2N(O)C(=O)SC)c(C)c1. The molecule has 0 spiro atoms. The van der Waals surface area contributed by atoms with Crippen molar-refractivity contribution in [1.82, 2.24) is 0 Å². The molecule has 0 saturated carbocycles. The second-order valence-electron chi connectivity index (χ2n) is 5.30. The molecule has 0 unspecified atom stereocenters. The third-order valence-electron chi connectivity index (χ3n) is 3.65. The summed E-state index contributed by atoms with van der Waals surface area (Å²) in [4.78, 5) is 11.7. The molecule has 0 aliphatic carbocycles. The smallest absolute Gasteiger partial charge is 0.309 e. The average molecular weight is 410 g/mol. The molecule has 4 nitrogen and oxygen atoms in total. The molecular formula is C18H20BrNO3S. The van der Waals surface area contributed by atoms with E-state index in [2.05, 4.69) is 28.9 Å². The number of nitrogens with zero attached hydrogens (tertiary/aromatic N) is 1. The van der Waals surface area contributed by atoms with Crippen molar-refractivity contribution in [2.75, 3.05) is 11.3 Å². The predicted molar refractivity (Wildman–Crippen MR) is 102 cm³/mol. The van der Waals surface area contributed by atoms with Crippen LogP contribution in [0.4, 0.5) is 10.5 Å². The molecule has 0 fully saturated rings. The van der Waals surface area contributed by atoms with Crippen LogP contribution in [0.25, 0.3) is 0 Å². The number of carbonyl (C=O) groups excluding carboxylic acids is 1. The van der Waals surface area contributed by atoms with Crippen LogP contribution in [-0.2, 0) is 13.0 Å². The second kappa shape index (κ2) is 8.55. The van der Waals surface area contributed by atoms with Crippen molar-refractivity contribution in [3.63, 3.8) is 0 Å². The van der Waals surface area contributed by atoms with Gasteiger partial charge in [0.2, 0.25) is 0 Å². The van der Waals surface area contributed by atoms with Crippen LogP contribution in [0.15, 0.2) is 40.9 Å². The molecule has 0 aliphatic rings. The van der Waals surface area contributed by atoms with Gasteiger partial charge in [-0.3, -0.25) is 10.0 Å². The van der Waals surface area contributed by atoms with E-state index in [-0.39, 0.29) is 6.61 Å². The van der Waals surface area contributed by atoms with Crippen LogP contribution in [-0.4, -0.2) is 16.7 Å². The summed E-state index contributed by atoms with van der Waals surface area (Å²) in [6.07, 6.45) is 2.60. The van der Waals surface area contributed by atoms with E-state index in [1.165, 1.54) is 5.56 Å². The molecule has 24 heavy (non-hydrogen) atoms. The largest absolute Gasteiger partial charge is 0.489 e. The highest BCUT2D eigenvalue weighted by Crippen LogP contribution is 2.28. The van der Waals surface area contributed by atoms with Gasteiger partial charge in [-0.05, 0) is 55.0 Å². The molecule has 6 heteroatoms. The van der Waals surface area contributed by atoms with Gasteiger partial charge in [-0.25, -0.2) is 0 Å². The highest BCUT2D eigenvalue weighted by molar-refractivity contribution is 9.10. The summed E-state index contributed by atoms with van der Waals surface area (Å²) in [6.45, 7) is 4.37. The van der Waals surface area contributed by atoms with E-state index in [1.54, 1.807) is 18.4 Å². The van der Waals surface area contributed by atoms with E-state index in [9.17, 15) is 10.0 Å². The van der Waals surface area contributed by atoms with Crippen molar-refractivity contribution in [3.8, 4) is 5.75 Å². The monoisotopic (exact) mass is 409 g/mol. The van der Waals surface area contributed by atoms with Gasteiger partial charge in [0, 0.05) is 10.0 Å². The Balaban J connectivity index is 2.23. The number of hydrogen-bond donors (Lipinski definition) is 1. The number of rotatable bonds is 5. The number of benzene rings is 2. The third kappa shape index (κ3) is 4.53. The average Bonchev–Trinajstić information content (AvgIpc) is 2.59. The van der Waals surface area contributed by atoms with E-state index in [0.717, 1.165) is 34.0 Å². The number of amides is 1. The van der Waals surface area contributed by atoms with Gasteiger partial charge in [0.25, 0.3) is 0 Å². The van der Waals surface area contributed by atoms with Crippen molar-refractivity contribution < 1.29 is 14.7 Å². The summed E-state index contributed by atoms with van der Waals surface area (Å²) in [6, 6.07) is 11.4. The molecular weight excluding hydrogens is 390 g/mol. The van der Waals surface area contributed by atoms with E-state index in [0.29, 0.717) is 16.3 Å². The lowest BCUT2D eigenvalue weighted by Gasteiger charge is -2.18. The first kappa shape index (κ1) is 18.8. The predicted octanol–water partition coefficient (Wildman–Crippen LogP) is 5.58. The van der Waals surface area contributed by atoms with Crippen LogP contribution >= 0.6 is 27.7 Å². The Morgan fingerprint density at radius 3 is 2.67 bits per heavy atom. The Kier molecular flexibility index (Phi) is 6.71. The maximum atomic E-state index is 11.7.